The number of likely N-dealkylation sites (tertiary alicyclic amines) is 1. The number of hydrogen-bond donors (Lipinski definition) is 2. The molecule has 8 nitrogen and oxygen atoms in total. The molecule has 8 heteroatoms. The van der Waals surface area contributed by atoms with Crippen LogP contribution in [-0.4, -0.2) is 69.9 Å². The second-order valence-electron chi connectivity index (χ2n) is 7.98. The van der Waals surface area contributed by atoms with Crippen LogP contribution in [-0.2, 0) is 20.8 Å². The molecule has 3 fully saturated rings. The third-order valence-electron chi connectivity index (χ3n) is 6.41. The van der Waals surface area contributed by atoms with E-state index in [9.17, 15) is 14.4 Å². The van der Waals surface area contributed by atoms with Gasteiger partial charge in [0, 0.05) is 31.1 Å². The van der Waals surface area contributed by atoms with Crippen LogP contribution < -0.4 is 5.32 Å². The molecule has 0 unspecified atom stereocenters. The summed E-state index contributed by atoms with van der Waals surface area (Å²) in [4.78, 5) is 41.3. The SMILES string of the molecule is O=C1CN(C(=O)[C@@H]2[C@H]3CC[C@@H]2N(C(=O)Cc2[nH]nc4ccccc24)C3)CCN1. The molecular weight excluding hydrogens is 358 g/mol. The topological polar surface area (TPSA) is 98.4 Å². The van der Waals surface area contributed by atoms with Crippen molar-refractivity contribution < 1.29 is 14.4 Å². The fraction of sp³-hybridized carbons (Fsp3) is 0.500. The number of rotatable bonds is 3. The molecule has 3 amide bonds. The highest BCUT2D eigenvalue weighted by molar-refractivity contribution is 5.90. The first-order valence-corrected chi connectivity index (χ1v) is 9.89. The van der Waals surface area contributed by atoms with E-state index in [-0.39, 0.29) is 48.6 Å². The molecule has 5 rings (SSSR count). The Bertz CT molecular complexity index is 954. The van der Waals surface area contributed by atoms with Crippen LogP contribution in [0.3, 0.4) is 0 Å². The number of nitrogens with one attached hydrogen (secondary N) is 2. The highest BCUT2D eigenvalue weighted by atomic mass is 16.2. The van der Waals surface area contributed by atoms with Crippen LogP contribution in [0.4, 0.5) is 0 Å². The van der Waals surface area contributed by atoms with Gasteiger partial charge in [0.05, 0.1) is 30.1 Å². The Balaban J connectivity index is 1.31. The fourth-order valence-corrected chi connectivity index (χ4v) is 5.09. The lowest BCUT2D eigenvalue weighted by Gasteiger charge is -2.31. The number of carbonyl (C=O) groups excluding carboxylic acids is 3. The summed E-state index contributed by atoms with van der Waals surface area (Å²) in [6.45, 7) is 1.81. The van der Waals surface area contributed by atoms with Gasteiger partial charge in [-0.2, -0.15) is 5.10 Å². The Morgan fingerprint density at radius 2 is 2.07 bits per heavy atom. The first-order valence-electron chi connectivity index (χ1n) is 9.89. The predicted molar refractivity (Wildman–Crippen MR) is 101 cm³/mol. The number of aromatic amines is 1. The van der Waals surface area contributed by atoms with E-state index in [1.54, 1.807) is 4.90 Å². The smallest absolute Gasteiger partial charge is 0.239 e. The van der Waals surface area contributed by atoms with Crippen LogP contribution in [0.25, 0.3) is 10.9 Å². The van der Waals surface area contributed by atoms with Gasteiger partial charge >= 0.3 is 0 Å². The molecule has 28 heavy (non-hydrogen) atoms. The molecule has 2 aromatic rings. The zero-order valence-electron chi connectivity index (χ0n) is 15.6. The number of aromatic nitrogens is 2. The lowest BCUT2D eigenvalue weighted by molar-refractivity contribution is -0.142. The van der Waals surface area contributed by atoms with E-state index in [1.165, 1.54) is 0 Å². The third-order valence-corrected chi connectivity index (χ3v) is 6.41. The van der Waals surface area contributed by atoms with Crippen LogP contribution in [0.1, 0.15) is 18.5 Å². The van der Waals surface area contributed by atoms with E-state index < -0.39 is 0 Å². The molecule has 1 saturated carbocycles. The molecule has 146 valence electrons. The predicted octanol–water partition coefficient (Wildman–Crippen LogP) is 0.301. The Kier molecular flexibility index (Phi) is 4.07. The van der Waals surface area contributed by atoms with Gasteiger partial charge in [-0.25, -0.2) is 0 Å². The Morgan fingerprint density at radius 1 is 1.21 bits per heavy atom. The van der Waals surface area contributed by atoms with Gasteiger partial charge in [0.2, 0.25) is 17.7 Å². The number of piperidine rings is 1. The van der Waals surface area contributed by atoms with Crippen molar-refractivity contribution in [2.45, 2.75) is 25.3 Å². The van der Waals surface area contributed by atoms with Gasteiger partial charge in [0.1, 0.15) is 0 Å². The molecule has 3 heterocycles. The molecule has 2 saturated heterocycles. The normalized spacial score (nSPS) is 26.7. The van der Waals surface area contributed by atoms with Gasteiger partial charge in [-0.3, -0.25) is 19.5 Å². The van der Waals surface area contributed by atoms with Crippen LogP contribution in [0.5, 0.6) is 0 Å². The van der Waals surface area contributed by atoms with E-state index in [2.05, 4.69) is 15.5 Å². The summed E-state index contributed by atoms with van der Waals surface area (Å²) in [6.07, 6.45) is 2.09. The van der Waals surface area contributed by atoms with Crippen LogP contribution in [0, 0.1) is 11.8 Å². The average molecular weight is 381 g/mol. The quantitative estimate of drug-likeness (QED) is 0.799. The number of hydrogen-bond acceptors (Lipinski definition) is 4. The van der Waals surface area contributed by atoms with Crippen molar-refractivity contribution in [3.8, 4) is 0 Å². The minimum absolute atomic E-state index is 0.0321. The summed E-state index contributed by atoms with van der Waals surface area (Å²) in [5.41, 5.74) is 1.67. The maximum absolute atomic E-state index is 13.1. The minimum atomic E-state index is -0.173. The van der Waals surface area contributed by atoms with Crippen molar-refractivity contribution in [3.63, 3.8) is 0 Å². The molecule has 1 aromatic carbocycles. The molecule has 0 spiro atoms. The molecule has 3 atom stereocenters. The molecule has 2 N–H and O–H groups in total. The number of fused-ring (bicyclic) bond motifs is 3. The van der Waals surface area contributed by atoms with Crippen molar-refractivity contribution in [1.29, 1.82) is 0 Å². The lowest BCUT2D eigenvalue weighted by Crippen LogP contribution is -2.53. The molecule has 1 aliphatic carbocycles. The maximum atomic E-state index is 13.1. The Morgan fingerprint density at radius 3 is 2.93 bits per heavy atom. The standard InChI is InChI=1S/C20H23N5O3/c26-17-11-24(8-7-21-17)20(28)19-12-5-6-16(19)25(10-12)18(27)9-15-13-3-1-2-4-14(13)22-23-15/h1-4,12,16,19H,5-11H2,(H,21,26)(H,22,23)/t12-,16-,19+/m0/s1. The summed E-state index contributed by atoms with van der Waals surface area (Å²) in [5.74, 6) is -0.0114. The monoisotopic (exact) mass is 381 g/mol. The second-order valence-corrected chi connectivity index (χ2v) is 7.98. The van der Waals surface area contributed by atoms with Crippen LogP contribution in [0.2, 0.25) is 0 Å². The summed E-state index contributed by atoms with van der Waals surface area (Å²) in [5, 5.41) is 11.0. The number of para-hydroxylation sites is 1. The van der Waals surface area contributed by atoms with Gasteiger partial charge in [0.15, 0.2) is 0 Å². The summed E-state index contributed by atoms with van der Waals surface area (Å²) < 4.78 is 0. The van der Waals surface area contributed by atoms with Gasteiger partial charge in [-0.05, 0) is 24.8 Å². The fourth-order valence-electron chi connectivity index (χ4n) is 5.09. The van der Waals surface area contributed by atoms with Crippen molar-refractivity contribution in [2.75, 3.05) is 26.2 Å². The number of carbonyl (C=O) groups is 3. The number of H-pyrrole nitrogens is 1. The highest BCUT2D eigenvalue weighted by Crippen LogP contribution is 2.44. The van der Waals surface area contributed by atoms with E-state index in [0.29, 0.717) is 19.6 Å². The number of piperazine rings is 1. The number of amides is 3. The minimum Gasteiger partial charge on any atom is -0.353 e. The van der Waals surface area contributed by atoms with Gasteiger partial charge < -0.3 is 15.1 Å². The van der Waals surface area contributed by atoms with Crippen LogP contribution >= 0.6 is 0 Å². The van der Waals surface area contributed by atoms with E-state index in [0.717, 1.165) is 29.4 Å². The zero-order valence-corrected chi connectivity index (χ0v) is 15.6. The van der Waals surface area contributed by atoms with Crippen LogP contribution in [0.15, 0.2) is 24.3 Å². The molecule has 2 aliphatic heterocycles. The zero-order chi connectivity index (χ0) is 19.3. The summed E-state index contributed by atoms with van der Waals surface area (Å²) >= 11 is 0. The largest absolute Gasteiger partial charge is 0.353 e. The first-order chi connectivity index (χ1) is 13.6. The second kappa shape index (κ2) is 6.61. The van der Waals surface area contributed by atoms with Crippen molar-refractivity contribution >= 4 is 28.6 Å². The molecule has 0 radical (unpaired) electrons. The van der Waals surface area contributed by atoms with Gasteiger partial charge in [-0.1, -0.05) is 18.2 Å². The summed E-state index contributed by atoms with van der Waals surface area (Å²) in [6, 6.07) is 7.69. The molecule has 3 aliphatic rings. The molecule has 2 bridgehead atoms. The number of nitrogens with zero attached hydrogens (tertiary/aromatic N) is 3. The Hall–Kier alpha value is -2.90. The lowest BCUT2D eigenvalue weighted by atomic mass is 9.96. The number of benzene rings is 1. The van der Waals surface area contributed by atoms with E-state index >= 15 is 0 Å². The molecule has 1 aromatic heterocycles. The van der Waals surface area contributed by atoms with E-state index in [1.807, 2.05) is 29.2 Å². The Labute approximate surface area is 162 Å². The highest BCUT2D eigenvalue weighted by Gasteiger charge is 2.53. The van der Waals surface area contributed by atoms with E-state index in [4.69, 9.17) is 0 Å². The molecular formula is C20H23N5O3. The van der Waals surface area contributed by atoms with Crippen molar-refractivity contribution in [2.24, 2.45) is 11.8 Å². The van der Waals surface area contributed by atoms with Gasteiger partial charge in [-0.15, -0.1) is 0 Å². The third kappa shape index (κ3) is 2.75. The van der Waals surface area contributed by atoms with Crippen molar-refractivity contribution in [1.82, 2.24) is 25.3 Å². The van der Waals surface area contributed by atoms with Crippen molar-refractivity contribution in [3.05, 3.63) is 30.0 Å². The van der Waals surface area contributed by atoms with Gasteiger partial charge in [0.25, 0.3) is 0 Å². The first kappa shape index (κ1) is 17.2. The maximum Gasteiger partial charge on any atom is 0.239 e. The average Bonchev–Trinajstić information content (AvgIpc) is 3.40. The summed E-state index contributed by atoms with van der Waals surface area (Å²) in [7, 11) is 0.